The van der Waals surface area contributed by atoms with Gasteiger partial charge in [0.25, 0.3) is 0 Å². The van der Waals surface area contributed by atoms with E-state index in [9.17, 15) is 0 Å². The van der Waals surface area contributed by atoms with Crippen molar-refractivity contribution in [2.75, 3.05) is 0 Å². The topological polar surface area (TPSA) is 69.6 Å². The van der Waals surface area contributed by atoms with Crippen molar-refractivity contribution < 1.29 is 4.42 Å². The number of hydrogen-bond donors (Lipinski definition) is 0. The zero-order valence-corrected chi connectivity index (χ0v) is 27.9. The van der Waals surface area contributed by atoms with Crippen LogP contribution in [-0.4, -0.2) is 24.5 Å². The first-order valence-corrected chi connectivity index (χ1v) is 17.2. The predicted octanol–water partition coefficient (Wildman–Crippen LogP) is 11.4. The van der Waals surface area contributed by atoms with Gasteiger partial charge in [-0.15, -0.1) is 0 Å². The lowest BCUT2D eigenvalue weighted by molar-refractivity contribution is 0.635. The van der Waals surface area contributed by atoms with Gasteiger partial charge in [0.05, 0.1) is 27.6 Å². The smallest absolute Gasteiger partial charge is 0.147 e. The molecule has 10 aromatic rings. The Bertz CT molecular complexity index is 2880. The van der Waals surface area contributed by atoms with Crippen LogP contribution in [0.5, 0.6) is 0 Å². The van der Waals surface area contributed by atoms with E-state index in [4.69, 9.17) is 14.4 Å². The van der Waals surface area contributed by atoms with Crippen molar-refractivity contribution in [3.63, 3.8) is 0 Å². The first-order chi connectivity index (χ1) is 25.8. The molecular formula is C46H29N5O. The van der Waals surface area contributed by atoms with Gasteiger partial charge < -0.3 is 4.42 Å². The maximum absolute atomic E-state index is 6.85. The summed E-state index contributed by atoms with van der Waals surface area (Å²) in [6.45, 7) is 0. The lowest BCUT2D eigenvalue weighted by atomic mass is 9.94. The van der Waals surface area contributed by atoms with Gasteiger partial charge in [-0.25, -0.2) is 9.97 Å². The van der Waals surface area contributed by atoms with Crippen molar-refractivity contribution in [3.8, 4) is 61.9 Å². The highest BCUT2D eigenvalue weighted by atomic mass is 16.3. The molecule has 0 saturated carbocycles. The third kappa shape index (κ3) is 4.96. The van der Waals surface area contributed by atoms with E-state index in [0.717, 1.165) is 94.8 Å². The summed E-state index contributed by atoms with van der Waals surface area (Å²) in [5, 5.41) is 1.93. The van der Waals surface area contributed by atoms with E-state index in [2.05, 4.69) is 112 Å². The fourth-order valence-corrected chi connectivity index (χ4v) is 7.21. The highest BCUT2D eigenvalue weighted by Gasteiger charge is 2.24. The van der Waals surface area contributed by atoms with Crippen molar-refractivity contribution in [2.45, 2.75) is 0 Å². The van der Waals surface area contributed by atoms with Crippen molar-refractivity contribution in [1.29, 1.82) is 0 Å². The van der Waals surface area contributed by atoms with E-state index >= 15 is 0 Å². The standard InChI is InChI=1S/C46H29N5O/c1-2-11-36(12-3-1)51-40-16-7-6-15-39(40)50-46(51)33-19-17-30(18-20-33)34-9-8-10-35(29-34)43-42-41(31-21-25-47-26-22-31)44(32-23-27-48-28-24-32)52-45(42)37-13-4-5-14-38(37)49-43/h1-29H. The second kappa shape index (κ2) is 12.3. The average Bonchev–Trinajstić information content (AvgIpc) is 3.82. The molecule has 0 bridgehead atoms. The number of imidazole rings is 1. The van der Waals surface area contributed by atoms with Gasteiger partial charge >= 0.3 is 0 Å². The molecule has 0 N–H and O–H groups in total. The molecule has 0 fully saturated rings. The molecule has 6 nitrogen and oxygen atoms in total. The molecule has 6 heteroatoms. The SMILES string of the molecule is c1ccc(-n2c(-c3ccc(-c4cccc(-c5nc6ccccc6c6oc(-c7ccncc7)c(-c7ccncc7)c56)c4)cc3)nc3ccccc32)cc1. The predicted molar refractivity (Wildman–Crippen MR) is 209 cm³/mol. The Labute approximate surface area is 299 Å². The van der Waals surface area contributed by atoms with Gasteiger partial charge in [0.15, 0.2) is 0 Å². The largest absolute Gasteiger partial charge is 0.455 e. The molecule has 10 rings (SSSR count). The molecule has 52 heavy (non-hydrogen) atoms. The number of fused-ring (bicyclic) bond motifs is 4. The molecular weight excluding hydrogens is 639 g/mol. The Morgan fingerprint density at radius 2 is 1.12 bits per heavy atom. The number of pyridine rings is 3. The quantitative estimate of drug-likeness (QED) is 0.176. The van der Waals surface area contributed by atoms with Gasteiger partial charge in [-0.2, -0.15) is 0 Å². The minimum atomic E-state index is 0.774. The molecule has 0 aliphatic carbocycles. The second-order valence-electron chi connectivity index (χ2n) is 12.7. The number of aromatic nitrogens is 5. The average molecular weight is 668 g/mol. The fourth-order valence-electron chi connectivity index (χ4n) is 7.21. The maximum Gasteiger partial charge on any atom is 0.147 e. The summed E-state index contributed by atoms with van der Waals surface area (Å²) in [7, 11) is 0. The van der Waals surface area contributed by atoms with Crippen LogP contribution in [0.1, 0.15) is 0 Å². The number of rotatable bonds is 6. The number of para-hydroxylation sites is 4. The van der Waals surface area contributed by atoms with Crippen molar-refractivity contribution in [3.05, 3.63) is 176 Å². The lowest BCUT2D eigenvalue weighted by Gasteiger charge is -2.12. The Hall–Kier alpha value is -7.18. The molecule has 5 heterocycles. The third-order valence-electron chi connectivity index (χ3n) is 9.63. The Kier molecular flexibility index (Phi) is 7.03. The van der Waals surface area contributed by atoms with Gasteiger partial charge in [-0.1, -0.05) is 84.9 Å². The Balaban J connectivity index is 1.13. The molecule has 0 unspecified atom stereocenters. The number of benzene rings is 5. The van der Waals surface area contributed by atoms with Crippen LogP contribution >= 0.6 is 0 Å². The van der Waals surface area contributed by atoms with Crippen LogP contribution in [0, 0.1) is 0 Å². The van der Waals surface area contributed by atoms with E-state index in [1.54, 1.807) is 12.4 Å². The molecule has 5 aromatic carbocycles. The van der Waals surface area contributed by atoms with E-state index in [1.165, 1.54) is 0 Å². The number of furan rings is 1. The molecule has 244 valence electrons. The summed E-state index contributed by atoms with van der Waals surface area (Å²) >= 11 is 0. The highest BCUT2D eigenvalue weighted by Crippen LogP contribution is 2.46. The van der Waals surface area contributed by atoms with Crippen LogP contribution in [0.15, 0.2) is 181 Å². The first kappa shape index (κ1) is 29.7. The minimum absolute atomic E-state index is 0.774. The molecule has 0 saturated heterocycles. The fraction of sp³-hybridized carbons (Fsp3) is 0. The summed E-state index contributed by atoms with van der Waals surface area (Å²) in [4.78, 5) is 19.0. The van der Waals surface area contributed by atoms with E-state index < -0.39 is 0 Å². The van der Waals surface area contributed by atoms with E-state index in [0.29, 0.717) is 0 Å². The van der Waals surface area contributed by atoms with Gasteiger partial charge in [0.2, 0.25) is 0 Å². The highest BCUT2D eigenvalue weighted by molar-refractivity contribution is 6.16. The van der Waals surface area contributed by atoms with Crippen LogP contribution < -0.4 is 0 Å². The molecule has 5 aromatic heterocycles. The molecule has 0 spiro atoms. The Morgan fingerprint density at radius 3 is 1.90 bits per heavy atom. The van der Waals surface area contributed by atoms with Crippen molar-refractivity contribution >= 4 is 32.9 Å². The first-order valence-electron chi connectivity index (χ1n) is 17.2. The number of hydrogen-bond acceptors (Lipinski definition) is 5. The van der Waals surface area contributed by atoms with Gasteiger partial charge in [-0.3, -0.25) is 14.5 Å². The van der Waals surface area contributed by atoms with E-state index in [1.807, 2.05) is 67.0 Å². The van der Waals surface area contributed by atoms with Crippen molar-refractivity contribution in [1.82, 2.24) is 24.5 Å². The van der Waals surface area contributed by atoms with Gasteiger partial charge in [0, 0.05) is 58.1 Å². The van der Waals surface area contributed by atoms with Crippen molar-refractivity contribution in [2.24, 2.45) is 0 Å². The lowest BCUT2D eigenvalue weighted by Crippen LogP contribution is -1.97. The third-order valence-corrected chi connectivity index (χ3v) is 9.63. The summed E-state index contributed by atoms with van der Waals surface area (Å²) in [6, 6.07) is 52.2. The van der Waals surface area contributed by atoms with Crippen LogP contribution in [0.3, 0.4) is 0 Å². The summed E-state index contributed by atoms with van der Waals surface area (Å²) in [5.41, 5.74) is 12.8. The molecule has 0 aliphatic rings. The molecule has 0 atom stereocenters. The molecule has 0 radical (unpaired) electrons. The summed E-state index contributed by atoms with van der Waals surface area (Å²) < 4.78 is 9.08. The second-order valence-corrected chi connectivity index (χ2v) is 12.7. The van der Waals surface area contributed by atoms with Crippen LogP contribution in [0.4, 0.5) is 0 Å². The molecule has 0 amide bonds. The summed E-state index contributed by atoms with van der Waals surface area (Å²) in [6.07, 6.45) is 7.22. The van der Waals surface area contributed by atoms with Crippen LogP contribution in [-0.2, 0) is 0 Å². The zero-order chi connectivity index (χ0) is 34.4. The Morgan fingerprint density at radius 1 is 0.462 bits per heavy atom. The minimum Gasteiger partial charge on any atom is -0.455 e. The maximum atomic E-state index is 6.85. The number of nitrogens with zero attached hydrogens (tertiary/aromatic N) is 5. The monoisotopic (exact) mass is 667 g/mol. The summed E-state index contributed by atoms with van der Waals surface area (Å²) in [5.74, 6) is 1.68. The zero-order valence-electron chi connectivity index (χ0n) is 27.9. The van der Waals surface area contributed by atoms with Gasteiger partial charge in [0.1, 0.15) is 17.2 Å². The van der Waals surface area contributed by atoms with Crippen LogP contribution in [0.2, 0.25) is 0 Å². The van der Waals surface area contributed by atoms with Crippen LogP contribution in [0.25, 0.3) is 94.8 Å². The van der Waals surface area contributed by atoms with Gasteiger partial charge in [-0.05, 0) is 83.4 Å². The normalized spacial score (nSPS) is 11.5. The van der Waals surface area contributed by atoms with E-state index in [-0.39, 0.29) is 0 Å². The molecule has 0 aliphatic heterocycles.